The fourth-order valence-corrected chi connectivity index (χ4v) is 5.42. The fourth-order valence-electron chi connectivity index (χ4n) is 4.21. The van der Waals surface area contributed by atoms with Crippen molar-refractivity contribution in [2.24, 2.45) is 7.05 Å². The molecule has 7 nitrogen and oxygen atoms in total. The Kier molecular flexibility index (Phi) is 7.93. The summed E-state index contributed by atoms with van der Waals surface area (Å²) in [5.74, 6) is 0.939. The molecule has 0 unspecified atom stereocenters. The molecule has 0 saturated carbocycles. The second kappa shape index (κ2) is 10.9. The van der Waals surface area contributed by atoms with E-state index in [1.54, 1.807) is 19.2 Å². The number of ether oxygens (including phenoxy) is 1. The van der Waals surface area contributed by atoms with Gasteiger partial charge in [-0.3, -0.25) is 14.3 Å². The molecule has 180 valence electrons. The molecule has 3 heterocycles. The van der Waals surface area contributed by atoms with E-state index in [4.69, 9.17) is 27.9 Å². The summed E-state index contributed by atoms with van der Waals surface area (Å²) >= 11 is 14.5. The number of aryl methyl sites for hydroxylation is 1. The third kappa shape index (κ3) is 5.30. The van der Waals surface area contributed by atoms with Gasteiger partial charge in [-0.15, -0.1) is 11.3 Å². The first-order valence-electron chi connectivity index (χ1n) is 11.0. The molecule has 1 aliphatic rings. The lowest BCUT2D eigenvalue weighted by Crippen LogP contribution is -2.42. The summed E-state index contributed by atoms with van der Waals surface area (Å²) in [6.07, 6.45) is 2.61. The van der Waals surface area contributed by atoms with Crippen LogP contribution in [0.2, 0.25) is 10.0 Å². The zero-order chi connectivity index (χ0) is 24.2. The van der Waals surface area contributed by atoms with Crippen molar-refractivity contribution in [1.29, 1.82) is 0 Å². The van der Waals surface area contributed by atoms with Gasteiger partial charge in [-0.1, -0.05) is 23.2 Å². The van der Waals surface area contributed by atoms with Crippen LogP contribution in [0, 0.1) is 0 Å². The molecule has 1 fully saturated rings. The van der Waals surface area contributed by atoms with Crippen molar-refractivity contribution in [3.05, 3.63) is 55.8 Å². The van der Waals surface area contributed by atoms with Gasteiger partial charge in [-0.05, 0) is 50.2 Å². The Balaban J connectivity index is 1.46. The molecule has 0 bridgehead atoms. The summed E-state index contributed by atoms with van der Waals surface area (Å²) < 4.78 is 7.73. The van der Waals surface area contributed by atoms with Crippen molar-refractivity contribution in [2.45, 2.75) is 25.4 Å². The number of carbonyl (C=O) groups is 2. The predicted octanol–water partition coefficient (Wildman–Crippen LogP) is 4.77. The van der Waals surface area contributed by atoms with Crippen LogP contribution >= 0.6 is 34.5 Å². The highest BCUT2D eigenvalue weighted by atomic mass is 35.5. The number of aldehydes is 1. The lowest BCUT2D eigenvalue weighted by atomic mass is 9.93. The van der Waals surface area contributed by atoms with E-state index in [1.807, 2.05) is 28.8 Å². The minimum atomic E-state index is 0.138. The van der Waals surface area contributed by atoms with E-state index in [1.165, 1.54) is 11.3 Å². The number of likely N-dealkylation sites (tertiary alicyclic amines) is 1. The Morgan fingerprint density at radius 1 is 1.24 bits per heavy atom. The molecular weight excluding hydrogens is 495 g/mol. The van der Waals surface area contributed by atoms with Gasteiger partial charge in [-0.25, -0.2) is 0 Å². The molecule has 1 aliphatic heterocycles. The summed E-state index contributed by atoms with van der Waals surface area (Å²) in [5, 5.41) is 8.32. The third-order valence-electron chi connectivity index (χ3n) is 6.00. The van der Waals surface area contributed by atoms with Gasteiger partial charge in [-0.2, -0.15) is 5.10 Å². The third-order valence-corrected chi connectivity index (χ3v) is 7.85. The van der Waals surface area contributed by atoms with Crippen molar-refractivity contribution < 1.29 is 14.3 Å². The molecule has 0 atom stereocenters. The molecule has 4 rings (SSSR count). The summed E-state index contributed by atoms with van der Waals surface area (Å²) in [5.41, 5.74) is 2.60. The largest absolute Gasteiger partial charge is 0.486 e. The van der Waals surface area contributed by atoms with Crippen LogP contribution in [-0.2, 0) is 18.4 Å². The molecular formula is C24H26Cl2N4O3S. The lowest BCUT2D eigenvalue weighted by molar-refractivity contribution is -0.131. The summed E-state index contributed by atoms with van der Waals surface area (Å²) in [7, 11) is 3.71. The van der Waals surface area contributed by atoms with Gasteiger partial charge in [0, 0.05) is 42.2 Å². The first-order chi connectivity index (χ1) is 16.4. The predicted molar refractivity (Wildman–Crippen MR) is 135 cm³/mol. The number of nitrogens with zero attached hydrogens (tertiary/aromatic N) is 3. The molecule has 0 aliphatic carbocycles. The molecule has 1 N–H and O–H groups in total. The van der Waals surface area contributed by atoms with Crippen molar-refractivity contribution in [1.82, 2.24) is 20.0 Å². The van der Waals surface area contributed by atoms with E-state index in [0.29, 0.717) is 39.7 Å². The average Bonchev–Trinajstić information content (AvgIpc) is 3.46. The van der Waals surface area contributed by atoms with Crippen LogP contribution in [0.25, 0.3) is 11.3 Å². The maximum Gasteiger partial charge on any atom is 0.236 e. The first-order valence-corrected chi connectivity index (χ1v) is 12.6. The highest BCUT2D eigenvalue weighted by Crippen LogP contribution is 2.40. The number of amides is 1. The molecule has 34 heavy (non-hydrogen) atoms. The van der Waals surface area contributed by atoms with Crippen molar-refractivity contribution in [3.63, 3.8) is 0 Å². The number of benzene rings is 1. The number of halogens is 2. The minimum Gasteiger partial charge on any atom is -0.486 e. The normalized spacial score (nSPS) is 14.4. The average molecular weight is 521 g/mol. The van der Waals surface area contributed by atoms with Gasteiger partial charge >= 0.3 is 0 Å². The number of likely N-dealkylation sites (N-methyl/N-ethyl adjacent to an activating group) is 1. The van der Waals surface area contributed by atoms with Gasteiger partial charge in [0.15, 0.2) is 6.29 Å². The number of nitrogens with one attached hydrogen (secondary N) is 1. The fraction of sp³-hybridized carbons (Fsp3) is 0.375. The van der Waals surface area contributed by atoms with Crippen LogP contribution in [0.1, 0.15) is 39.0 Å². The highest BCUT2D eigenvalue weighted by molar-refractivity contribution is 7.13. The number of carbonyl (C=O) groups excluding carboxylic acids is 2. The SMILES string of the molecule is CNCC(=O)N1CCC(c2cc(-c3ccc(OCc4ccc(C=O)s4)c(Cl)c3Cl)nn2C)CC1. The van der Waals surface area contributed by atoms with Crippen LogP contribution in [-0.4, -0.2) is 53.6 Å². The van der Waals surface area contributed by atoms with Crippen LogP contribution in [0.4, 0.5) is 0 Å². The summed E-state index contributed by atoms with van der Waals surface area (Å²) in [6, 6.07) is 9.32. The van der Waals surface area contributed by atoms with Gasteiger partial charge in [0.05, 0.1) is 22.1 Å². The molecule has 1 amide bonds. The maximum absolute atomic E-state index is 12.1. The van der Waals surface area contributed by atoms with Gasteiger partial charge in [0.2, 0.25) is 5.91 Å². The van der Waals surface area contributed by atoms with Crippen molar-refractivity contribution >= 4 is 46.7 Å². The Hall–Kier alpha value is -2.39. The smallest absolute Gasteiger partial charge is 0.236 e. The quantitative estimate of drug-likeness (QED) is 0.432. The monoisotopic (exact) mass is 520 g/mol. The van der Waals surface area contributed by atoms with Crippen LogP contribution < -0.4 is 10.1 Å². The zero-order valence-electron chi connectivity index (χ0n) is 19.0. The molecule has 2 aromatic heterocycles. The molecule has 3 aromatic rings. The molecule has 0 spiro atoms. The number of thiophene rings is 1. The van der Waals surface area contributed by atoms with Crippen LogP contribution in [0.5, 0.6) is 5.75 Å². The zero-order valence-corrected chi connectivity index (χ0v) is 21.3. The Morgan fingerprint density at radius 3 is 2.68 bits per heavy atom. The molecule has 1 aromatic carbocycles. The maximum atomic E-state index is 12.1. The molecule has 0 radical (unpaired) electrons. The number of rotatable bonds is 8. The Labute approximate surface area is 212 Å². The number of hydrogen-bond donors (Lipinski definition) is 1. The molecule has 10 heteroatoms. The second-order valence-electron chi connectivity index (χ2n) is 8.21. The van der Waals surface area contributed by atoms with E-state index in [0.717, 1.165) is 54.0 Å². The lowest BCUT2D eigenvalue weighted by Gasteiger charge is -2.32. The van der Waals surface area contributed by atoms with Crippen LogP contribution in [0.3, 0.4) is 0 Å². The number of hydrogen-bond acceptors (Lipinski definition) is 6. The summed E-state index contributed by atoms with van der Waals surface area (Å²) in [6.45, 7) is 2.15. The second-order valence-corrected chi connectivity index (χ2v) is 10.2. The Bertz CT molecular complexity index is 1190. The number of aromatic nitrogens is 2. The van der Waals surface area contributed by atoms with E-state index >= 15 is 0 Å². The van der Waals surface area contributed by atoms with Crippen molar-refractivity contribution in [2.75, 3.05) is 26.7 Å². The van der Waals surface area contributed by atoms with E-state index < -0.39 is 0 Å². The minimum absolute atomic E-state index is 0.138. The van der Waals surface area contributed by atoms with E-state index in [9.17, 15) is 9.59 Å². The topological polar surface area (TPSA) is 76.5 Å². The van der Waals surface area contributed by atoms with E-state index in [-0.39, 0.29) is 5.91 Å². The number of piperidine rings is 1. The highest BCUT2D eigenvalue weighted by Gasteiger charge is 2.26. The Morgan fingerprint density at radius 2 is 2.00 bits per heavy atom. The van der Waals surface area contributed by atoms with E-state index in [2.05, 4.69) is 16.5 Å². The van der Waals surface area contributed by atoms with Crippen LogP contribution in [0.15, 0.2) is 30.3 Å². The van der Waals surface area contributed by atoms with Crippen molar-refractivity contribution in [3.8, 4) is 17.0 Å². The standard InChI is InChI=1S/C24H26Cl2N4O3S/c1-27-12-22(32)30-9-7-15(8-10-30)20-11-19(28-29(20)2)18-5-6-21(24(26)23(18)25)33-14-17-4-3-16(13-31)34-17/h3-6,11,13,15,27H,7-10,12,14H2,1-2H3. The van der Waals surface area contributed by atoms with Gasteiger partial charge < -0.3 is 15.0 Å². The first kappa shape index (κ1) is 24.7. The van der Waals surface area contributed by atoms with Gasteiger partial charge in [0.1, 0.15) is 17.4 Å². The van der Waals surface area contributed by atoms with Gasteiger partial charge in [0.25, 0.3) is 0 Å². The summed E-state index contributed by atoms with van der Waals surface area (Å²) in [4.78, 5) is 26.5. The molecule has 1 saturated heterocycles.